The maximum atomic E-state index is 6.47. The van der Waals surface area contributed by atoms with Gasteiger partial charge >= 0.3 is 0 Å². The highest BCUT2D eigenvalue weighted by molar-refractivity contribution is 7.99. The third kappa shape index (κ3) is 3.90. The SMILES string of the molecule is CCC(CC)C(Cl)CNCC1CSc2ccccc21. The van der Waals surface area contributed by atoms with E-state index in [0.717, 1.165) is 13.1 Å². The maximum absolute atomic E-state index is 6.47. The number of fused-ring (bicyclic) bond motifs is 1. The molecule has 0 saturated carbocycles. The number of hydrogen-bond donors (Lipinski definition) is 1. The van der Waals surface area contributed by atoms with Crippen LogP contribution >= 0.6 is 23.4 Å². The molecule has 1 N–H and O–H groups in total. The highest BCUT2D eigenvalue weighted by Crippen LogP contribution is 2.38. The van der Waals surface area contributed by atoms with E-state index < -0.39 is 0 Å². The lowest BCUT2D eigenvalue weighted by atomic mass is 9.98. The number of nitrogens with one attached hydrogen (secondary N) is 1. The van der Waals surface area contributed by atoms with Crippen LogP contribution in [0.15, 0.2) is 29.2 Å². The van der Waals surface area contributed by atoms with Crippen LogP contribution in [0.2, 0.25) is 0 Å². The van der Waals surface area contributed by atoms with Gasteiger partial charge in [-0.15, -0.1) is 23.4 Å². The molecule has 0 saturated heterocycles. The third-order valence-corrected chi connectivity index (χ3v) is 5.85. The summed E-state index contributed by atoms with van der Waals surface area (Å²) in [6.45, 7) is 6.44. The number of alkyl halides is 1. The van der Waals surface area contributed by atoms with E-state index in [9.17, 15) is 0 Å². The number of rotatable bonds is 7. The molecule has 19 heavy (non-hydrogen) atoms. The van der Waals surface area contributed by atoms with Crippen molar-refractivity contribution in [2.24, 2.45) is 5.92 Å². The molecule has 0 aliphatic carbocycles. The van der Waals surface area contributed by atoms with Gasteiger partial charge in [-0.2, -0.15) is 0 Å². The Morgan fingerprint density at radius 1 is 1.32 bits per heavy atom. The molecular formula is C16H24ClNS. The minimum atomic E-state index is 0.263. The van der Waals surface area contributed by atoms with Crippen molar-refractivity contribution in [2.75, 3.05) is 18.8 Å². The molecule has 0 bridgehead atoms. The van der Waals surface area contributed by atoms with E-state index >= 15 is 0 Å². The Labute approximate surface area is 126 Å². The van der Waals surface area contributed by atoms with Crippen LogP contribution in [0, 0.1) is 5.92 Å². The van der Waals surface area contributed by atoms with Crippen LogP contribution in [0.4, 0.5) is 0 Å². The molecule has 106 valence electrons. The summed E-state index contributed by atoms with van der Waals surface area (Å²) in [7, 11) is 0. The predicted octanol–water partition coefficient (Wildman–Crippen LogP) is 4.51. The Hall–Kier alpha value is -0.180. The average molecular weight is 298 g/mol. The van der Waals surface area contributed by atoms with Crippen LogP contribution in [-0.2, 0) is 0 Å². The largest absolute Gasteiger partial charge is 0.315 e. The topological polar surface area (TPSA) is 12.0 Å². The van der Waals surface area contributed by atoms with Gasteiger partial charge in [-0.25, -0.2) is 0 Å². The van der Waals surface area contributed by atoms with Gasteiger partial charge in [-0.05, 0) is 17.5 Å². The summed E-state index contributed by atoms with van der Waals surface area (Å²) in [6, 6.07) is 8.77. The van der Waals surface area contributed by atoms with E-state index in [1.54, 1.807) is 0 Å². The van der Waals surface area contributed by atoms with Crippen LogP contribution in [-0.4, -0.2) is 24.2 Å². The van der Waals surface area contributed by atoms with Crippen LogP contribution in [0.1, 0.15) is 38.2 Å². The summed E-state index contributed by atoms with van der Waals surface area (Å²) in [5.41, 5.74) is 1.51. The van der Waals surface area contributed by atoms with Gasteiger partial charge in [0, 0.05) is 35.0 Å². The molecule has 1 aliphatic rings. The fraction of sp³-hybridized carbons (Fsp3) is 0.625. The average Bonchev–Trinajstić information content (AvgIpc) is 2.84. The van der Waals surface area contributed by atoms with Gasteiger partial charge in [0.25, 0.3) is 0 Å². The molecule has 1 aliphatic heterocycles. The highest BCUT2D eigenvalue weighted by Gasteiger charge is 2.23. The number of hydrogen-bond acceptors (Lipinski definition) is 2. The molecule has 1 aromatic carbocycles. The van der Waals surface area contributed by atoms with E-state index in [4.69, 9.17) is 11.6 Å². The second-order valence-corrected chi connectivity index (χ2v) is 6.92. The molecule has 0 spiro atoms. The molecule has 1 nitrogen and oxygen atoms in total. The van der Waals surface area contributed by atoms with Crippen molar-refractivity contribution in [1.29, 1.82) is 0 Å². The van der Waals surface area contributed by atoms with E-state index in [1.165, 1.54) is 29.1 Å². The Morgan fingerprint density at radius 2 is 2.05 bits per heavy atom. The van der Waals surface area contributed by atoms with Gasteiger partial charge in [-0.3, -0.25) is 0 Å². The fourth-order valence-corrected chi connectivity index (χ4v) is 4.48. The highest BCUT2D eigenvalue weighted by atomic mass is 35.5. The van der Waals surface area contributed by atoms with Crippen LogP contribution in [0.25, 0.3) is 0 Å². The normalized spacial score (nSPS) is 19.7. The van der Waals surface area contributed by atoms with Crippen LogP contribution in [0.3, 0.4) is 0 Å². The molecule has 0 amide bonds. The molecule has 0 fully saturated rings. The standard InChI is InChI=1S/C16H24ClNS/c1-3-12(4-2)15(17)10-18-9-13-11-19-16-8-6-5-7-14(13)16/h5-8,12-13,15,18H,3-4,9-11H2,1-2H3. The lowest BCUT2D eigenvalue weighted by molar-refractivity contribution is 0.443. The Kier molecular flexibility index (Phi) is 6.06. The van der Waals surface area contributed by atoms with Crippen molar-refractivity contribution in [1.82, 2.24) is 5.32 Å². The molecule has 2 rings (SSSR count). The first-order valence-electron chi connectivity index (χ1n) is 7.32. The number of halogens is 1. The third-order valence-electron chi connectivity index (χ3n) is 4.09. The summed E-state index contributed by atoms with van der Waals surface area (Å²) < 4.78 is 0. The first-order chi connectivity index (χ1) is 9.26. The van der Waals surface area contributed by atoms with Crippen molar-refractivity contribution in [3.63, 3.8) is 0 Å². The minimum Gasteiger partial charge on any atom is -0.315 e. The van der Waals surface area contributed by atoms with Gasteiger partial charge in [0.05, 0.1) is 0 Å². The first kappa shape index (κ1) is 15.2. The van der Waals surface area contributed by atoms with Crippen molar-refractivity contribution >= 4 is 23.4 Å². The van der Waals surface area contributed by atoms with Crippen molar-refractivity contribution < 1.29 is 0 Å². The minimum absolute atomic E-state index is 0.263. The van der Waals surface area contributed by atoms with Gasteiger partial charge < -0.3 is 5.32 Å². The lowest BCUT2D eigenvalue weighted by Crippen LogP contribution is -2.31. The quantitative estimate of drug-likeness (QED) is 0.743. The molecule has 2 atom stereocenters. The molecular weight excluding hydrogens is 274 g/mol. The zero-order valence-electron chi connectivity index (χ0n) is 11.9. The number of thioether (sulfide) groups is 1. The maximum Gasteiger partial charge on any atom is 0.0488 e. The van der Waals surface area contributed by atoms with Crippen molar-refractivity contribution in [2.45, 2.75) is 42.9 Å². The van der Waals surface area contributed by atoms with Gasteiger partial charge in [0.15, 0.2) is 0 Å². The van der Waals surface area contributed by atoms with E-state index in [2.05, 4.69) is 43.4 Å². The smallest absolute Gasteiger partial charge is 0.0488 e. The summed E-state index contributed by atoms with van der Waals surface area (Å²) in [5, 5.41) is 3.84. The second-order valence-electron chi connectivity index (χ2n) is 5.30. The van der Waals surface area contributed by atoms with Crippen molar-refractivity contribution in [3.05, 3.63) is 29.8 Å². The second kappa shape index (κ2) is 7.56. The fourth-order valence-electron chi connectivity index (χ4n) is 2.76. The van der Waals surface area contributed by atoms with Gasteiger partial charge in [-0.1, -0.05) is 44.9 Å². The summed E-state index contributed by atoms with van der Waals surface area (Å²) in [4.78, 5) is 1.46. The molecule has 1 aromatic rings. The van der Waals surface area contributed by atoms with E-state index in [-0.39, 0.29) is 5.38 Å². The summed E-state index contributed by atoms with van der Waals surface area (Å²) >= 11 is 8.44. The Bertz CT molecular complexity index is 392. The molecule has 0 aromatic heterocycles. The molecule has 1 heterocycles. The van der Waals surface area contributed by atoms with Crippen LogP contribution in [0.5, 0.6) is 0 Å². The summed E-state index contributed by atoms with van der Waals surface area (Å²) in [5.74, 6) is 2.48. The van der Waals surface area contributed by atoms with E-state index in [0.29, 0.717) is 11.8 Å². The first-order valence-corrected chi connectivity index (χ1v) is 8.74. The Morgan fingerprint density at radius 3 is 2.79 bits per heavy atom. The van der Waals surface area contributed by atoms with Crippen LogP contribution < -0.4 is 5.32 Å². The van der Waals surface area contributed by atoms with Crippen molar-refractivity contribution in [3.8, 4) is 0 Å². The molecule has 2 unspecified atom stereocenters. The number of benzene rings is 1. The van der Waals surface area contributed by atoms with Gasteiger partial charge in [0.1, 0.15) is 0 Å². The Balaban J connectivity index is 1.78. The van der Waals surface area contributed by atoms with E-state index in [1.807, 2.05) is 11.8 Å². The summed E-state index contributed by atoms with van der Waals surface area (Å²) in [6.07, 6.45) is 2.35. The zero-order valence-corrected chi connectivity index (χ0v) is 13.4. The zero-order chi connectivity index (χ0) is 13.7. The monoisotopic (exact) mass is 297 g/mol. The van der Waals surface area contributed by atoms with Gasteiger partial charge in [0.2, 0.25) is 0 Å². The molecule has 3 heteroatoms. The molecule has 0 radical (unpaired) electrons. The lowest BCUT2D eigenvalue weighted by Gasteiger charge is -2.20. The predicted molar refractivity (Wildman–Crippen MR) is 86.5 cm³/mol.